The fraction of sp³-hybridized carbons (Fsp3) is 0.211. The molecule has 24 heavy (non-hydrogen) atoms. The number of rotatable bonds is 6. The summed E-state index contributed by atoms with van der Waals surface area (Å²) in [4.78, 5) is 18.1. The van der Waals surface area contributed by atoms with E-state index in [4.69, 9.17) is 16.4 Å². The number of carbonyl (C=O) groups excluding carboxylic acids is 1. The molecule has 0 aliphatic heterocycles. The first kappa shape index (κ1) is 16.4. The van der Waals surface area contributed by atoms with Crippen molar-refractivity contribution in [3.05, 3.63) is 65.3 Å². The maximum atomic E-state index is 12.4. The summed E-state index contributed by atoms with van der Waals surface area (Å²) in [7, 11) is 0. The first-order chi connectivity index (χ1) is 11.7. The maximum Gasteiger partial charge on any atom is 0.228 e. The van der Waals surface area contributed by atoms with E-state index in [1.54, 1.807) is 16.9 Å². The van der Waals surface area contributed by atoms with Crippen LogP contribution in [0.5, 0.6) is 0 Å². The van der Waals surface area contributed by atoms with Gasteiger partial charge in [-0.05, 0) is 30.2 Å². The van der Waals surface area contributed by atoms with E-state index in [1.165, 1.54) is 0 Å². The number of amides is 1. The number of hydrogen-bond acceptors (Lipinski definition) is 2. The summed E-state index contributed by atoms with van der Waals surface area (Å²) in [5.41, 5.74) is 2.51. The van der Waals surface area contributed by atoms with Crippen LogP contribution in [0.3, 0.4) is 0 Å². The van der Waals surface area contributed by atoms with Gasteiger partial charge in [0.15, 0.2) is 0 Å². The molecule has 0 atom stereocenters. The predicted octanol–water partition coefficient (Wildman–Crippen LogP) is 4.31. The summed E-state index contributed by atoms with van der Waals surface area (Å²) in [5, 5.41) is 4.40. The highest BCUT2D eigenvalue weighted by Crippen LogP contribution is 2.23. The average molecular weight is 343 g/mol. The van der Waals surface area contributed by atoms with Crippen LogP contribution in [0.25, 0.3) is 10.9 Å². The highest BCUT2D eigenvalue weighted by Gasteiger charge is 2.13. The van der Waals surface area contributed by atoms with Crippen LogP contribution >= 0.6 is 11.6 Å². The lowest BCUT2D eigenvalue weighted by atomic mass is 10.1. The molecule has 4 nitrogen and oxygen atoms in total. The first-order valence-corrected chi connectivity index (χ1v) is 8.33. The Morgan fingerprint density at radius 1 is 1.17 bits per heavy atom. The van der Waals surface area contributed by atoms with Crippen molar-refractivity contribution in [2.75, 3.05) is 11.9 Å². The summed E-state index contributed by atoms with van der Waals surface area (Å²) in [6, 6.07) is 15.1. The van der Waals surface area contributed by atoms with E-state index < -0.39 is 0 Å². The molecule has 0 radical (unpaired) electrons. The minimum Gasteiger partial charge on any atom is -0.414 e. The van der Waals surface area contributed by atoms with E-state index in [1.807, 2.05) is 42.6 Å². The van der Waals surface area contributed by atoms with Crippen LogP contribution in [0.4, 0.5) is 5.69 Å². The molecule has 0 unspecified atom stereocenters. The molecule has 1 heterocycles. The smallest absolute Gasteiger partial charge is 0.228 e. The molecule has 0 spiro atoms. The molecule has 0 aliphatic rings. The van der Waals surface area contributed by atoms with Crippen LogP contribution in [-0.2, 0) is 11.2 Å². The number of nitrogens with zero attached hydrogens (tertiary/aromatic N) is 1. The molecule has 3 aromatic rings. The summed E-state index contributed by atoms with van der Waals surface area (Å²) in [6.45, 7) is 2.69. The molecular formula is C19H19ClN2O2. The molecule has 124 valence electrons. The molecule has 5 heteroatoms. The second-order valence-electron chi connectivity index (χ2n) is 5.54. The lowest BCUT2D eigenvalue weighted by Gasteiger charge is -2.06. The summed E-state index contributed by atoms with van der Waals surface area (Å²) in [6.07, 6.45) is 3.07. The third-order valence-electron chi connectivity index (χ3n) is 3.69. The van der Waals surface area contributed by atoms with Crippen molar-refractivity contribution in [2.45, 2.75) is 19.8 Å². The first-order valence-electron chi connectivity index (χ1n) is 7.95. The number of carbonyl (C=O) groups is 1. The van der Waals surface area contributed by atoms with Crippen molar-refractivity contribution in [3.8, 4) is 0 Å². The van der Waals surface area contributed by atoms with Crippen molar-refractivity contribution in [1.82, 2.24) is 4.73 Å². The van der Waals surface area contributed by atoms with Crippen molar-refractivity contribution in [3.63, 3.8) is 0 Å². The Morgan fingerprint density at radius 2 is 1.92 bits per heavy atom. The Balaban J connectivity index is 1.82. The van der Waals surface area contributed by atoms with Crippen LogP contribution in [-0.4, -0.2) is 17.2 Å². The largest absolute Gasteiger partial charge is 0.414 e. The quantitative estimate of drug-likeness (QED) is 0.725. The van der Waals surface area contributed by atoms with E-state index in [-0.39, 0.29) is 12.3 Å². The number of fused-ring (bicyclic) bond motifs is 1. The van der Waals surface area contributed by atoms with Crippen molar-refractivity contribution in [2.24, 2.45) is 0 Å². The number of hydrogen-bond donors (Lipinski definition) is 1. The standard InChI is InChI=1S/C19H19ClN2O2/c1-2-11-24-22-13-14(15-7-3-6-10-18(15)22)12-19(23)21-17-9-5-4-8-16(17)20/h3-10,13H,2,11-12H2,1H3,(H,21,23). The van der Waals surface area contributed by atoms with Gasteiger partial charge < -0.3 is 10.2 Å². The minimum absolute atomic E-state index is 0.110. The van der Waals surface area contributed by atoms with Gasteiger partial charge in [0.2, 0.25) is 5.91 Å². The molecular weight excluding hydrogens is 324 g/mol. The number of nitrogens with one attached hydrogen (secondary N) is 1. The summed E-state index contributed by atoms with van der Waals surface area (Å²) >= 11 is 6.09. The van der Waals surface area contributed by atoms with Gasteiger partial charge in [-0.2, -0.15) is 4.73 Å². The average Bonchev–Trinajstić information content (AvgIpc) is 2.93. The van der Waals surface area contributed by atoms with E-state index in [0.29, 0.717) is 17.3 Å². The second kappa shape index (κ2) is 7.41. The van der Waals surface area contributed by atoms with E-state index in [0.717, 1.165) is 22.9 Å². The molecule has 1 amide bonds. The predicted molar refractivity (Wildman–Crippen MR) is 97.5 cm³/mol. The van der Waals surface area contributed by atoms with Gasteiger partial charge in [-0.15, -0.1) is 0 Å². The maximum absolute atomic E-state index is 12.4. The molecule has 0 aliphatic carbocycles. The molecule has 2 aromatic carbocycles. The second-order valence-corrected chi connectivity index (χ2v) is 5.94. The molecule has 1 aromatic heterocycles. The van der Waals surface area contributed by atoms with Crippen molar-refractivity contribution in [1.29, 1.82) is 0 Å². The monoisotopic (exact) mass is 342 g/mol. The third kappa shape index (κ3) is 3.54. The molecule has 0 bridgehead atoms. The Bertz CT molecular complexity index is 857. The minimum atomic E-state index is -0.110. The number of para-hydroxylation sites is 2. The zero-order chi connectivity index (χ0) is 16.9. The lowest BCUT2D eigenvalue weighted by Crippen LogP contribution is -2.15. The Kier molecular flexibility index (Phi) is 5.06. The van der Waals surface area contributed by atoms with E-state index in [2.05, 4.69) is 12.2 Å². The summed E-state index contributed by atoms with van der Waals surface area (Å²) in [5.74, 6) is -0.110. The van der Waals surface area contributed by atoms with Gasteiger partial charge in [0, 0.05) is 11.6 Å². The number of aromatic nitrogens is 1. The molecule has 3 rings (SSSR count). The van der Waals surface area contributed by atoms with Crippen LogP contribution in [0, 0.1) is 0 Å². The van der Waals surface area contributed by atoms with Crippen molar-refractivity contribution >= 4 is 34.1 Å². The topological polar surface area (TPSA) is 43.3 Å². The van der Waals surface area contributed by atoms with Crippen LogP contribution in [0.1, 0.15) is 18.9 Å². The Hall–Kier alpha value is -2.46. The van der Waals surface area contributed by atoms with Gasteiger partial charge in [0.25, 0.3) is 0 Å². The number of anilines is 1. The SMILES string of the molecule is CCCOn1cc(CC(=O)Nc2ccccc2Cl)c2ccccc21. The van der Waals surface area contributed by atoms with Gasteiger partial charge in [-0.3, -0.25) is 4.79 Å². The van der Waals surface area contributed by atoms with Gasteiger partial charge in [-0.1, -0.05) is 48.9 Å². The Morgan fingerprint density at radius 3 is 2.71 bits per heavy atom. The molecule has 0 saturated carbocycles. The van der Waals surface area contributed by atoms with Gasteiger partial charge in [0.05, 0.1) is 22.6 Å². The van der Waals surface area contributed by atoms with Gasteiger partial charge >= 0.3 is 0 Å². The zero-order valence-corrected chi connectivity index (χ0v) is 14.2. The van der Waals surface area contributed by atoms with Crippen molar-refractivity contribution < 1.29 is 9.63 Å². The fourth-order valence-corrected chi connectivity index (χ4v) is 2.77. The van der Waals surface area contributed by atoms with Crippen LogP contribution in [0.2, 0.25) is 5.02 Å². The summed E-state index contributed by atoms with van der Waals surface area (Å²) < 4.78 is 1.75. The lowest BCUT2D eigenvalue weighted by molar-refractivity contribution is -0.115. The van der Waals surface area contributed by atoms with Gasteiger partial charge in [-0.25, -0.2) is 0 Å². The van der Waals surface area contributed by atoms with E-state index in [9.17, 15) is 4.79 Å². The highest BCUT2D eigenvalue weighted by molar-refractivity contribution is 6.33. The van der Waals surface area contributed by atoms with Crippen LogP contribution < -0.4 is 10.2 Å². The normalized spacial score (nSPS) is 10.8. The van der Waals surface area contributed by atoms with Crippen LogP contribution in [0.15, 0.2) is 54.7 Å². The molecule has 1 N–H and O–H groups in total. The number of halogens is 1. The number of benzene rings is 2. The third-order valence-corrected chi connectivity index (χ3v) is 4.02. The highest BCUT2D eigenvalue weighted by atomic mass is 35.5. The van der Waals surface area contributed by atoms with Gasteiger partial charge in [0.1, 0.15) is 6.61 Å². The molecule has 0 fully saturated rings. The zero-order valence-electron chi connectivity index (χ0n) is 13.5. The molecule has 0 saturated heterocycles. The van der Waals surface area contributed by atoms with E-state index >= 15 is 0 Å². The Labute approximate surface area is 145 Å². The fourth-order valence-electron chi connectivity index (χ4n) is 2.59.